The predicted octanol–water partition coefficient (Wildman–Crippen LogP) is 3.75. The van der Waals surface area contributed by atoms with E-state index < -0.39 is 0 Å². The van der Waals surface area contributed by atoms with Crippen LogP contribution in [0, 0.1) is 0 Å². The van der Waals surface area contributed by atoms with E-state index in [4.69, 9.17) is 4.42 Å². The van der Waals surface area contributed by atoms with Crippen LogP contribution in [0.1, 0.15) is 42.1 Å². The first kappa shape index (κ1) is 17.9. The molecule has 0 bridgehead atoms. The lowest BCUT2D eigenvalue weighted by molar-refractivity contribution is 0.0885. The second-order valence-electron chi connectivity index (χ2n) is 6.75. The van der Waals surface area contributed by atoms with Gasteiger partial charge in [0.05, 0.1) is 10.9 Å². The van der Waals surface area contributed by atoms with E-state index in [9.17, 15) is 4.79 Å². The number of rotatable bonds is 5. The average Bonchev–Trinajstić information content (AvgIpc) is 3.40. The van der Waals surface area contributed by atoms with Crippen LogP contribution >= 0.6 is 11.3 Å². The minimum absolute atomic E-state index is 0.000380. The van der Waals surface area contributed by atoms with Gasteiger partial charge in [-0.3, -0.25) is 9.69 Å². The maximum atomic E-state index is 12.3. The largest absolute Gasteiger partial charge is 0.418 e. The van der Waals surface area contributed by atoms with Crippen molar-refractivity contribution in [2.45, 2.75) is 31.8 Å². The molecule has 1 aromatic carbocycles. The second kappa shape index (κ2) is 8.02. The van der Waals surface area contributed by atoms with Crippen molar-refractivity contribution in [3.05, 3.63) is 59.3 Å². The molecule has 3 heterocycles. The van der Waals surface area contributed by atoms with E-state index in [2.05, 4.69) is 27.3 Å². The van der Waals surface area contributed by atoms with Gasteiger partial charge in [-0.1, -0.05) is 24.3 Å². The Hall–Kier alpha value is -2.51. The average molecular weight is 382 g/mol. The van der Waals surface area contributed by atoms with Gasteiger partial charge in [-0.25, -0.2) is 0 Å². The molecule has 27 heavy (non-hydrogen) atoms. The zero-order chi connectivity index (χ0) is 18.6. The highest BCUT2D eigenvalue weighted by Gasteiger charge is 2.27. The van der Waals surface area contributed by atoms with E-state index in [0.717, 1.165) is 30.8 Å². The van der Waals surface area contributed by atoms with E-state index >= 15 is 0 Å². The molecule has 1 amide bonds. The molecule has 7 heteroatoms. The Labute approximate surface area is 162 Å². The van der Waals surface area contributed by atoms with Crippen molar-refractivity contribution in [3.8, 4) is 10.8 Å². The van der Waals surface area contributed by atoms with Crippen molar-refractivity contribution in [3.63, 3.8) is 0 Å². The summed E-state index contributed by atoms with van der Waals surface area (Å²) in [7, 11) is 0. The van der Waals surface area contributed by atoms with Crippen LogP contribution in [-0.4, -0.2) is 40.1 Å². The van der Waals surface area contributed by atoms with Crippen LogP contribution in [0.3, 0.4) is 0 Å². The van der Waals surface area contributed by atoms with Crippen molar-refractivity contribution in [2.24, 2.45) is 0 Å². The molecule has 1 unspecified atom stereocenters. The third kappa shape index (κ3) is 4.09. The number of piperidine rings is 1. The maximum absolute atomic E-state index is 12.3. The SMILES string of the molecule is CC(c1nnc(-c2cccs2)o1)N1CCC(NC(=O)c2ccccc2)CC1. The quantitative estimate of drug-likeness (QED) is 0.728. The molecule has 1 N–H and O–H groups in total. The van der Waals surface area contributed by atoms with Gasteiger partial charge >= 0.3 is 0 Å². The molecule has 1 atom stereocenters. The molecular weight excluding hydrogens is 360 g/mol. The van der Waals surface area contributed by atoms with Crippen molar-refractivity contribution >= 4 is 17.2 Å². The minimum atomic E-state index is -0.000380. The Bertz CT molecular complexity index is 871. The zero-order valence-electron chi connectivity index (χ0n) is 15.2. The summed E-state index contributed by atoms with van der Waals surface area (Å²) in [5, 5.41) is 13.5. The van der Waals surface area contributed by atoms with Gasteiger partial charge in [0.25, 0.3) is 11.8 Å². The number of aromatic nitrogens is 2. The van der Waals surface area contributed by atoms with Gasteiger partial charge in [-0.05, 0) is 43.3 Å². The van der Waals surface area contributed by atoms with Crippen LogP contribution in [0.5, 0.6) is 0 Å². The minimum Gasteiger partial charge on any atom is -0.418 e. The number of nitrogens with zero attached hydrogens (tertiary/aromatic N) is 3. The van der Waals surface area contributed by atoms with E-state index in [-0.39, 0.29) is 18.0 Å². The Morgan fingerprint density at radius 1 is 1.19 bits per heavy atom. The number of nitrogens with one attached hydrogen (secondary N) is 1. The van der Waals surface area contributed by atoms with E-state index in [0.29, 0.717) is 17.3 Å². The van der Waals surface area contributed by atoms with Crippen LogP contribution in [0.2, 0.25) is 0 Å². The Kier molecular flexibility index (Phi) is 5.31. The van der Waals surface area contributed by atoms with E-state index in [1.54, 1.807) is 11.3 Å². The lowest BCUT2D eigenvalue weighted by Gasteiger charge is -2.34. The summed E-state index contributed by atoms with van der Waals surface area (Å²) in [5.74, 6) is 1.22. The second-order valence-corrected chi connectivity index (χ2v) is 7.70. The van der Waals surface area contributed by atoms with E-state index in [1.807, 2.05) is 47.8 Å². The van der Waals surface area contributed by atoms with E-state index in [1.165, 1.54) is 0 Å². The topological polar surface area (TPSA) is 71.3 Å². The third-order valence-electron chi connectivity index (χ3n) is 4.98. The molecule has 6 nitrogen and oxygen atoms in total. The molecule has 0 spiro atoms. The normalized spacial score (nSPS) is 16.9. The lowest BCUT2D eigenvalue weighted by atomic mass is 10.0. The number of thiophene rings is 1. The van der Waals surface area contributed by atoms with Gasteiger partial charge in [0.2, 0.25) is 5.89 Å². The lowest BCUT2D eigenvalue weighted by Crippen LogP contribution is -2.45. The van der Waals surface area contributed by atoms with Gasteiger partial charge in [-0.15, -0.1) is 21.5 Å². The van der Waals surface area contributed by atoms with Crippen LogP contribution in [0.4, 0.5) is 0 Å². The molecule has 0 radical (unpaired) electrons. The molecule has 1 aliphatic rings. The van der Waals surface area contributed by atoms with Crippen molar-refractivity contribution < 1.29 is 9.21 Å². The van der Waals surface area contributed by atoms with Gasteiger partial charge < -0.3 is 9.73 Å². The fraction of sp³-hybridized carbons (Fsp3) is 0.350. The monoisotopic (exact) mass is 382 g/mol. The first-order valence-electron chi connectivity index (χ1n) is 9.18. The third-order valence-corrected chi connectivity index (χ3v) is 5.84. The predicted molar refractivity (Wildman–Crippen MR) is 105 cm³/mol. The Balaban J connectivity index is 1.32. The summed E-state index contributed by atoms with van der Waals surface area (Å²) in [4.78, 5) is 15.6. The number of benzene rings is 1. The van der Waals surface area contributed by atoms with Crippen LogP contribution in [-0.2, 0) is 0 Å². The first-order valence-corrected chi connectivity index (χ1v) is 10.1. The number of amides is 1. The smallest absolute Gasteiger partial charge is 0.257 e. The van der Waals surface area contributed by atoms with Gasteiger partial charge in [0.15, 0.2) is 0 Å². The number of hydrogen-bond acceptors (Lipinski definition) is 6. The van der Waals surface area contributed by atoms with Crippen LogP contribution < -0.4 is 5.32 Å². The number of hydrogen-bond donors (Lipinski definition) is 1. The van der Waals surface area contributed by atoms with Gasteiger partial charge in [-0.2, -0.15) is 0 Å². The fourth-order valence-electron chi connectivity index (χ4n) is 3.35. The summed E-state index contributed by atoms with van der Waals surface area (Å²) in [5.41, 5.74) is 0.709. The van der Waals surface area contributed by atoms with Crippen molar-refractivity contribution in [2.75, 3.05) is 13.1 Å². The summed E-state index contributed by atoms with van der Waals surface area (Å²) in [6, 6.07) is 13.6. The fourth-order valence-corrected chi connectivity index (χ4v) is 3.99. The number of carbonyl (C=O) groups excluding carboxylic acids is 1. The molecule has 3 aromatic rings. The van der Waals surface area contributed by atoms with Crippen LogP contribution in [0.25, 0.3) is 10.8 Å². The van der Waals surface area contributed by atoms with Gasteiger partial charge in [0.1, 0.15) is 0 Å². The maximum Gasteiger partial charge on any atom is 0.257 e. The summed E-state index contributed by atoms with van der Waals surface area (Å²) >= 11 is 1.59. The zero-order valence-corrected chi connectivity index (χ0v) is 16.0. The van der Waals surface area contributed by atoms with Crippen molar-refractivity contribution in [1.29, 1.82) is 0 Å². The molecular formula is C20H22N4O2S. The number of likely N-dealkylation sites (tertiary alicyclic amines) is 1. The molecule has 140 valence electrons. The highest BCUT2D eigenvalue weighted by atomic mass is 32.1. The molecule has 1 fully saturated rings. The molecule has 4 rings (SSSR count). The summed E-state index contributed by atoms with van der Waals surface area (Å²) < 4.78 is 5.87. The number of carbonyl (C=O) groups is 1. The summed E-state index contributed by atoms with van der Waals surface area (Å²) in [6.07, 6.45) is 1.82. The molecule has 1 aliphatic heterocycles. The summed E-state index contributed by atoms with van der Waals surface area (Å²) in [6.45, 7) is 3.86. The highest BCUT2D eigenvalue weighted by Crippen LogP contribution is 2.28. The Morgan fingerprint density at radius 2 is 1.96 bits per heavy atom. The van der Waals surface area contributed by atoms with Gasteiger partial charge in [0, 0.05) is 24.7 Å². The van der Waals surface area contributed by atoms with Crippen LogP contribution in [0.15, 0.2) is 52.3 Å². The molecule has 0 saturated carbocycles. The highest BCUT2D eigenvalue weighted by molar-refractivity contribution is 7.13. The standard InChI is InChI=1S/C20H22N4O2S/c1-14(19-22-23-20(26-19)17-8-5-13-27-17)24-11-9-16(10-12-24)21-18(25)15-6-3-2-4-7-15/h2-8,13-14,16H,9-12H2,1H3,(H,21,25). The molecule has 1 saturated heterocycles. The molecule has 0 aliphatic carbocycles. The first-order chi connectivity index (χ1) is 13.2. The van der Waals surface area contributed by atoms with Crippen molar-refractivity contribution in [1.82, 2.24) is 20.4 Å². The molecule has 2 aromatic heterocycles. The Morgan fingerprint density at radius 3 is 2.67 bits per heavy atom.